The monoisotopic (exact) mass is 198 g/mol. The number of likely N-dealkylation sites (tertiary alicyclic amines) is 1. The molecule has 1 heterocycles. The average Bonchev–Trinajstić information content (AvgIpc) is 2.18. The van der Waals surface area contributed by atoms with Crippen molar-refractivity contribution in [3.63, 3.8) is 0 Å². The summed E-state index contributed by atoms with van der Waals surface area (Å²) >= 11 is 0. The first-order valence-corrected chi connectivity index (χ1v) is 6.18. The van der Waals surface area contributed by atoms with Gasteiger partial charge in [-0.3, -0.25) is 4.90 Å². The normalized spacial score (nSPS) is 29.4. The maximum atomic E-state index is 3.48. The third kappa shape index (κ3) is 3.97. The summed E-state index contributed by atoms with van der Waals surface area (Å²) in [5.74, 6) is 0.900. The molecule has 0 bridgehead atoms. The average molecular weight is 198 g/mol. The summed E-state index contributed by atoms with van der Waals surface area (Å²) < 4.78 is 0. The van der Waals surface area contributed by atoms with Gasteiger partial charge < -0.3 is 5.32 Å². The number of hydrogen-bond acceptors (Lipinski definition) is 2. The molecule has 84 valence electrons. The van der Waals surface area contributed by atoms with Crippen LogP contribution in [-0.4, -0.2) is 37.1 Å². The fraction of sp³-hybridized carbons (Fsp3) is 1.00. The molecule has 0 aromatic heterocycles. The maximum Gasteiger partial charge on any atom is 0.0110 e. The van der Waals surface area contributed by atoms with Gasteiger partial charge in [-0.25, -0.2) is 0 Å². The van der Waals surface area contributed by atoms with Crippen LogP contribution in [0.5, 0.6) is 0 Å². The zero-order chi connectivity index (χ0) is 10.4. The highest BCUT2D eigenvalue weighted by Gasteiger charge is 2.21. The van der Waals surface area contributed by atoms with Gasteiger partial charge in [-0.1, -0.05) is 13.8 Å². The van der Waals surface area contributed by atoms with Gasteiger partial charge in [0.25, 0.3) is 0 Å². The molecule has 1 fully saturated rings. The molecule has 0 aliphatic carbocycles. The molecule has 2 unspecified atom stereocenters. The predicted octanol–water partition coefficient (Wildman–Crippen LogP) is 2.11. The van der Waals surface area contributed by atoms with E-state index in [1.807, 2.05) is 0 Å². The summed E-state index contributed by atoms with van der Waals surface area (Å²) in [6, 6.07) is 0.801. The van der Waals surface area contributed by atoms with Crippen LogP contribution >= 0.6 is 0 Å². The molecule has 0 saturated carbocycles. The van der Waals surface area contributed by atoms with Gasteiger partial charge in [0.1, 0.15) is 0 Å². The van der Waals surface area contributed by atoms with Gasteiger partial charge in [0.15, 0.2) is 0 Å². The van der Waals surface area contributed by atoms with E-state index in [4.69, 9.17) is 0 Å². The zero-order valence-corrected chi connectivity index (χ0v) is 10.1. The van der Waals surface area contributed by atoms with Crippen molar-refractivity contribution in [3.05, 3.63) is 0 Å². The third-order valence-electron chi connectivity index (χ3n) is 3.25. The van der Waals surface area contributed by atoms with Crippen LogP contribution in [0.3, 0.4) is 0 Å². The fourth-order valence-electron chi connectivity index (χ4n) is 2.22. The van der Waals surface area contributed by atoms with E-state index in [9.17, 15) is 0 Å². The topological polar surface area (TPSA) is 15.3 Å². The van der Waals surface area contributed by atoms with Crippen LogP contribution in [0.4, 0.5) is 0 Å². The summed E-state index contributed by atoms with van der Waals surface area (Å²) in [6.07, 6.45) is 4.04. The van der Waals surface area contributed by atoms with Crippen LogP contribution in [0, 0.1) is 5.92 Å². The van der Waals surface area contributed by atoms with Gasteiger partial charge in [0, 0.05) is 25.7 Å². The Labute approximate surface area is 89.1 Å². The van der Waals surface area contributed by atoms with Gasteiger partial charge in [-0.05, 0) is 38.6 Å². The molecule has 0 aromatic rings. The Bertz CT molecular complexity index is 147. The van der Waals surface area contributed by atoms with Gasteiger partial charge in [-0.15, -0.1) is 0 Å². The van der Waals surface area contributed by atoms with Crippen LogP contribution in [0.15, 0.2) is 0 Å². The second-order valence-corrected chi connectivity index (χ2v) is 4.78. The quantitative estimate of drug-likeness (QED) is 0.681. The number of nitrogens with zero attached hydrogens (tertiary/aromatic N) is 1. The van der Waals surface area contributed by atoms with Crippen LogP contribution in [0.25, 0.3) is 0 Å². The highest BCUT2D eigenvalue weighted by atomic mass is 15.2. The Morgan fingerprint density at radius 1 is 1.21 bits per heavy atom. The van der Waals surface area contributed by atoms with Crippen molar-refractivity contribution in [1.29, 1.82) is 0 Å². The Balaban J connectivity index is 2.14. The standard InChI is InChI=1S/C12H26N2/c1-4-7-13-8-9-14-10-11(2)5-6-12(14)3/h11-13H,4-10H2,1-3H3. The molecule has 14 heavy (non-hydrogen) atoms. The molecule has 0 radical (unpaired) electrons. The van der Waals surface area contributed by atoms with E-state index in [0.717, 1.165) is 25.0 Å². The van der Waals surface area contributed by atoms with Crippen molar-refractivity contribution < 1.29 is 0 Å². The number of piperidine rings is 1. The van der Waals surface area contributed by atoms with Crippen molar-refractivity contribution in [2.24, 2.45) is 5.92 Å². The minimum atomic E-state index is 0.801. The maximum absolute atomic E-state index is 3.48. The Hall–Kier alpha value is -0.0800. The molecule has 0 aromatic carbocycles. The van der Waals surface area contributed by atoms with Crippen LogP contribution < -0.4 is 5.32 Å². The van der Waals surface area contributed by atoms with E-state index >= 15 is 0 Å². The number of rotatable bonds is 5. The lowest BCUT2D eigenvalue weighted by molar-refractivity contribution is 0.126. The Morgan fingerprint density at radius 3 is 2.71 bits per heavy atom. The van der Waals surface area contributed by atoms with Gasteiger partial charge in [-0.2, -0.15) is 0 Å². The summed E-state index contributed by atoms with van der Waals surface area (Å²) in [7, 11) is 0. The molecule has 0 spiro atoms. The highest BCUT2D eigenvalue weighted by Crippen LogP contribution is 2.20. The second kappa shape index (κ2) is 6.41. The molecular formula is C12H26N2. The highest BCUT2D eigenvalue weighted by molar-refractivity contribution is 4.77. The SMILES string of the molecule is CCCNCCN1CC(C)CCC1C. The molecule has 0 amide bonds. The summed E-state index contributed by atoms with van der Waals surface area (Å²) in [5, 5.41) is 3.48. The van der Waals surface area contributed by atoms with Crippen LogP contribution in [-0.2, 0) is 0 Å². The van der Waals surface area contributed by atoms with E-state index in [2.05, 4.69) is 31.0 Å². The fourth-order valence-corrected chi connectivity index (χ4v) is 2.22. The largest absolute Gasteiger partial charge is 0.315 e. The molecule has 1 aliphatic rings. The van der Waals surface area contributed by atoms with Gasteiger partial charge >= 0.3 is 0 Å². The predicted molar refractivity (Wildman–Crippen MR) is 62.6 cm³/mol. The lowest BCUT2D eigenvalue weighted by Crippen LogP contribution is -2.44. The van der Waals surface area contributed by atoms with Crippen molar-refractivity contribution in [2.75, 3.05) is 26.2 Å². The first kappa shape index (κ1) is 12.0. The number of hydrogen-bond donors (Lipinski definition) is 1. The smallest absolute Gasteiger partial charge is 0.0110 e. The van der Waals surface area contributed by atoms with Crippen LogP contribution in [0.1, 0.15) is 40.0 Å². The summed E-state index contributed by atoms with van der Waals surface area (Å²) in [5.41, 5.74) is 0. The van der Waals surface area contributed by atoms with E-state index in [1.165, 1.54) is 32.4 Å². The lowest BCUT2D eigenvalue weighted by atomic mass is 9.95. The molecule has 1 saturated heterocycles. The Morgan fingerprint density at radius 2 is 2.00 bits per heavy atom. The first-order valence-electron chi connectivity index (χ1n) is 6.18. The minimum Gasteiger partial charge on any atom is -0.315 e. The summed E-state index contributed by atoms with van der Waals surface area (Å²) in [6.45, 7) is 11.8. The molecule has 1 rings (SSSR count). The molecule has 2 atom stereocenters. The molecule has 2 heteroatoms. The van der Waals surface area contributed by atoms with Crippen molar-refractivity contribution >= 4 is 0 Å². The zero-order valence-electron chi connectivity index (χ0n) is 10.1. The van der Waals surface area contributed by atoms with Gasteiger partial charge in [0.2, 0.25) is 0 Å². The van der Waals surface area contributed by atoms with Crippen LogP contribution in [0.2, 0.25) is 0 Å². The van der Waals surface area contributed by atoms with Gasteiger partial charge in [0.05, 0.1) is 0 Å². The van der Waals surface area contributed by atoms with E-state index in [-0.39, 0.29) is 0 Å². The van der Waals surface area contributed by atoms with E-state index in [0.29, 0.717) is 0 Å². The molecule has 2 nitrogen and oxygen atoms in total. The summed E-state index contributed by atoms with van der Waals surface area (Å²) in [4.78, 5) is 2.64. The second-order valence-electron chi connectivity index (χ2n) is 4.78. The minimum absolute atomic E-state index is 0.801. The van der Waals surface area contributed by atoms with Crippen molar-refractivity contribution in [3.8, 4) is 0 Å². The van der Waals surface area contributed by atoms with E-state index < -0.39 is 0 Å². The van der Waals surface area contributed by atoms with Crippen molar-refractivity contribution in [1.82, 2.24) is 10.2 Å². The third-order valence-corrected chi connectivity index (χ3v) is 3.25. The molecule has 1 aliphatic heterocycles. The molecular weight excluding hydrogens is 172 g/mol. The lowest BCUT2D eigenvalue weighted by Gasteiger charge is -2.36. The number of nitrogens with one attached hydrogen (secondary N) is 1. The first-order chi connectivity index (χ1) is 6.74. The Kier molecular flexibility index (Phi) is 5.49. The van der Waals surface area contributed by atoms with Crippen molar-refractivity contribution in [2.45, 2.75) is 46.1 Å². The van der Waals surface area contributed by atoms with E-state index in [1.54, 1.807) is 0 Å². The molecule has 1 N–H and O–H groups in total.